The Bertz CT molecular complexity index is 726. The van der Waals surface area contributed by atoms with E-state index >= 15 is 0 Å². The lowest BCUT2D eigenvalue weighted by atomic mass is 10.0. The van der Waals surface area contributed by atoms with Gasteiger partial charge in [0.1, 0.15) is 6.54 Å². The average molecular weight is 358 g/mol. The summed E-state index contributed by atoms with van der Waals surface area (Å²) in [5, 5.41) is 14.0. The highest BCUT2D eigenvalue weighted by molar-refractivity contribution is 5.92. The Balaban J connectivity index is 1.91. The van der Waals surface area contributed by atoms with Crippen molar-refractivity contribution < 1.29 is 9.59 Å². The van der Waals surface area contributed by atoms with Crippen LogP contribution in [0.15, 0.2) is 36.5 Å². The maximum absolute atomic E-state index is 12.3. The van der Waals surface area contributed by atoms with Crippen molar-refractivity contribution in [2.75, 3.05) is 26.0 Å². The minimum absolute atomic E-state index is 0.0530. The van der Waals surface area contributed by atoms with Crippen LogP contribution < -0.4 is 10.6 Å². The number of hydrogen-bond acceptors (Lipinski definition) is 5. The normalized spacial score (nSPS) is 11.9. The van der Waals surface area contributed by atoms with Crippen molar-refractivity contribution in [3.05, 3.63) is 42.2 Å². The lowest BCUT2D eigenvalue weighted by molar-refractivity contribution is -0.129. The molecule has 2 amide bonds. The summed E-state index contributed by atoms with van der Waals surface area (Å²) in [6, 6.07) is 9.94. The standard InChI is InChI=1S/C18H26N6O2/c1-13(2)15(20-14-8-6-5-7-9-14)10-19-18(26)16-11-24(22-21-16)12-17(25)23(3)4/h5-9,11,13,15,20H,10,12H2,1-4H3,(H,19,26). The summed E-state index contributed by atoms with van der Waals surface area (Å²) in [5.74, 6) is -0.105. The number of para-hydroxylation sites is 1. The second-order valence-corrected chi connectivity index (χ2v) is 6.66. The Kier molecular flexibility index (Phi) is 6.71. The Morgan fingerprint density at radius 1 is 1.19 bits per heavy atom. The van der Waals surface area contributed by atoms with Gasteiger partial charge in [-0.1, -0.05) is 37.3 Å². The third kappa shape index (κ3) is 5.58. The van der Waals surface area contributed by atoms with Crippen LogP contribution in [0.5, 0.6) is 0 Å². The zero-order valence-corrected chi connectivity index (χ0v) is 15.6. The minimum Gasteiger partial charge on any atom is -0.380 e. The van der Waals surface area contributed by atoms with Crippen LogP contribution in [0.3, 0.4) is 0 Å². The van der Waals surface area contributed by atoms with Gasteiger partial charge in [-0.3, -0.25) is 9.59 Å². The number of carbonyl (C=O) groups excluding carboxylic acids is 2. The van der Waals surface area contributed by atoms with Gasteiger partial charge in [0.25, 0.3) is 5.91 Å². The van der Waals surface area contributed by atoms with Crippen molar-refractivity contribution in [2.24, 2.45) is 5.92 Å². The number of anilines is 1. The molecule has 0 aliphatic heterocycles. The lowest BCUT2D eigenvalue weighted by Gasteiger charge is -2.23. The molecule has 1 atom stereocenters. The van der Waals surface area contributed by atoms with Gasteiger partial charge in [-0.2, -0.15) is 0 Å². The number of benzene rings is 1. The number of rotatable bonds is 8. The maximum atomic E-state index is 12.3. The third-order valence-corrected chi connectivity index (χ3v) is 3.98. The van der Waals surface area contributed by atoms with E-state index < -0.39 is 0 Å². The Labute approximate surface area is 153 Å². The van der Waals surface area contributed by atoms with Crippen molar-refractivity contribution in [3.63, 3.8) is 0 Å². The predicted molar refractivity (Wildman–Crippen MR) is 99.7 cm³/mol. The summed E-state index contributed by atoms with van der Waals surface area (Å²) >= 11 is 0. The van der Waals surface area contributed by atoms with Crippen LogP contribution in [-0.2, 0) is 11.3 Å². The van der Waals surface area contributed by atoms with Gasteiger partial charge in [-0.25, -0.2) is 4.68 Å². The SMILES string of the molecule is CC(C)C(CNC(=O)c1cn(CC(=O)N(C)C)nn1)Nc1ccccc1. The molecule has 0 fully saturated rings. The van der Waals surface area contributed by atoms with Crippen molar-refractivity contribution in [3.8, 4) is 0 Å². The van der Waals surface area contributed by atoms with E-state index in [1.807, 2.05) is 30.3 Å². The summed E-state index contributed by atoms with van der Waals surface area (Å²) in [7, 11) is 3.33. The van der Waals surface area contributed by atoms with Crippen LogP contribution in [0.4, 0.5) is 5.69 Å². The Morgan fingerprint density at radius 3 is 2.50 bits per heavy atom. The highest BCUT2D eigenvalue weighted by Crippen LogP contribution is 2.12. The molecule has 2 N–H and O–H groups in total. The lowest BCUT2D eigenvalue weighted by Crippen LogP contribution is -2.39. The molecule has 0 spiro atoms. The molecule has 1 heterocycles. The third-order valence-electron chi connectivity index (χ3n) is 3.98. The molecule has 1 aromatic carbocycles. The van der Waals surface area contributed by atoms with Gasteiger partial charge in [-0.15, -0.1) is 5.10 Å². The zero-order chi connectivity index (χ0) is 19.1. The van der Waals surface area contributed by atoms with Crippen LogP contribution in [0.25, 0.3) is 0 Å². The smallest absolute Gasteiger partial charge is 0.273 e. The number of aromatic nitrogens is 3. The quantitative estimate of drug-likeness (QED) is 0.741. The zero-order valence-electron chi connectivity index (χ0n) is 15.6. The number of amides is 2. The van der Waals surface area contributed by atoms with E-state index in [4.69, 9.17) is 0 Å². The molecule has 8 heteroatoms. The molecule has 0 saturated carbocycles. The summed E-state index contributed by atoms with van der Waals surface area (Å²) in [4.78, 5) is 25.5. The van der Waals surface area contributed by atoms with Gasteiger partial charge in [0.15, 0.2) is 5.69 Å². The summed E-state index contributed by atoms with van der Waals surface area (Å²) in [5.41, 5.74) is 1.20. The first-order valence-electron chi connectivity index (χ1n) is 8.57. The van der Waals surface area contributed by atoms with Crippen LogP contribution in [0.2, 0.25) is 0 Å². The fourth-order valence-electron chi connectivity index (χ4n) is 2.25. The van der Waals surface area contributed by atoms with Gasteiger partial charge in [-0.05, 0) is 18.1 Å². The molecular weight excluding hydrogens is 332 g/mol. The van der Waals surface area contributed by atoms with Gasteiger partial charge in [0, 0.05) is 32.4 Å². The number of carbonyl (C=O) groups is 2. The first-order valence-corrected chi connectivity index (χ1v) is 8.57. The van der Waals surface area contributed by atoms with Crippen LogP contribution in [0.1, 0.15) is 24.3 Å². The van der Waals surface area contributed by atoms with E-state index in [9.17, 15) is 9.59 Å². The summed E-state index contributed by atoms with van der Waals surface area (Å²) in [6.07, 6.45) is 1.48. The number of nitrogens with zero attached hydrogens (tertiary/aromatic N) is 4. The molecule has 140 valence electrons. The monoisotopic (exact) mass is 358 g/mol. The molecule has 0 aliphatic carbocycles. The Hall–Kier alpha value is -2.90. The van der Waals surface area contributed by atoms with Crippen molar-refractivity contribution in [2.45, 2.75) is 26.4 Å². The first kappa shape index (κ1) is 19.4. The number of hydrogen-bond donors (Lipinski definition) is 2. The van der Waals surface area contributed by atoms with E-state index in [-0.39, 0.29) is 30.1 Å². The van der Waals surface area contributed by atoms with Crippen LogP contribution >= 0.6 is 0 Å². The Morgan fingerprint density at radius 2 is 1.88 bits per heavy atom. The van der Waals surface area contributed by atoms with Gasteiger partial charge < -0.3 is 15.5 Å². The maximum Gasteiger partial charge on any atom is 0.273 e. The second kappa shape index (κ2) is 8.98. The van der Waals surface area contributed by atoms with Crippen molar-refractivity contribution in [1.29, 1.82) is 0 Å². The fraction of sp³-hybridized carbons (Fsp3) is 0.444. The summed E-state index contributed by atoms with van der Waals surface area (Å²) in [6.45, 7) is 4.69. The van der Waals surface area contributed by atoms with E-state index in [2.05, 4.69) is 34.8 Å². The molecular formula is C18H26N6O2. The van der Waals surface area contributed by atoms with E-state index in [0.29, 0.717) is 12.5 Å². The largest absolute Gasteiger partial charge is 0.380 e. The molecule has 2 aromatic rings. The minimum atomic E-state index is -0.311. The van der Waals surface area contributed by atoms with Crippen molar-refractivity contribution >= 4 is 17.5 Å². The molecule has 0 aliphatic rings. The average Bonchev–Trinajstić information content (AvgIpc) is 3.07. The molecule has 26 heavy (non-hydrogen) atoms. The molecule has 2 rings (SSSR count). The molecule has 1 aromatic heterocycles. The molecule has 1 unspecified atom stereocenters. The highest BCUT2D eigenvalue weighted by Gasteiger charge is 2.17. The molecule has 0 saturated heterocycles. The van der Waals surface area contributed by atoms with Gasteiger partial charge >= 0.3 is 0 Å². The van der Waals surface area contributed by atoms with E-state index in [1.165, 1.54) is 15.8 Å². The predicted octanol–water partition coefficient (Wildman–Crippen LogP) is 1.23. The van der Waals surface area contributed by atoms with E-state index in [0.717, 1.165) is 5.69 Å². The van der Waals surface area contributed by atoms with Gasteiger partial charge in [0.05, 0.1) is 6.20 Å². The molecule has 8 nitrogen and oxygen atoms in total. The molecule has 0 radical (unpaired) electrons. The topological polar surface area (TPSA) is 92.2 Å². The van der Waals surface area contributed by atoms with Crippen LogP contribution in [-0.4, -0.2) is 58.4 Å². The van der Waals surface area contributed by atoms with Gasteiger partial charge in [0.2, 0.25) is 5.91 Å². The number of likely N-dealkylation sites (N-methyl/N-ethyl adjacent to an activating group) is 1. The highest BCUT2D eigenvalue weighted by atomic mass is 16.2. The van der Waals surface area contributed by atoms with Crippen LogP contribution in [0, 0.1) is 5.92 Å². The fourth-order valence-corrected chi connectivity index (χ4v) is 2.25. The molecule has 0 bridgehead atoms. The first-order chi connectivity index (χ1) is 12.4. The second-order valence-electron chi connectivity index (χ2n) is 6.66. The van der Waals surface area contributed by atoms with Crippen molar-refractivity contribution in [1.82, 2.24) is 25.2 Å². The van der Waals surface area contributed by atoms with E-state index in [1.54, 1.807) is 14.1 Å². The number of nitrogens with one attached hydrogen (secondary N) is 2. The summed E-state index contributed by atoms with van der Waals surface area (Å²) < 4.78 is 1.36.